The lowest BCUT2D eigenvalue weighted by molar-refractivity contribution is -0.129. The Bertz CT molecular complexity index is 467. The number of benzene rings is 1. The number of nitrogens with zero attached hydrogens (tertiary/aromatic N) is 1. The van der Waals surface area contributed by atoms with Crippen LogP contribution in [-0.4, -0.2) is 37.6 Å². The summed E-state index contributed by atoms with van der Waals surface area (Å²) in [5.74, 6) is 1.27. The van der Waals surface area contributed by atoms with Crippen molar-refractivity contribution in [1.29, 1.82) is 0 Å². The van der Waals surface area contributed by atoms with Crippen LogP contribution in [0.15, 0.2) is 24.3 Å². The number of carbonyl (C=O) groups excluding carboxylic acids is 1. The Balaban J connectivity index is 1.62. The molecule has 1 aliphatic rings. The molecule has 1 heterocycles. The standard InChI is InChI=1S/C19H30N2O2/c1-3-4-5-6-7-12-23-18-10-8-16(9-11-18)13-21-14-17(15-21)19(22)20-2/h8-11,17H,3-7,12-15H2,1-2H3,(H,20,22). The van der Waals surface area contributed by atoms with Gasteiger partial charge in [0.25, 0.3) is 0 Å². The Morgan fingerprint density at radius 1 is 1.17 bits per heavy atom. The van der Waals surface area contributed by atoms with Crippen molar-refractivity contribution in [1.82, 2.24) is 10.2 Å². The molecule has 0 aliphatic carbocycles. The van der Waals surface area contributed by atoms with Gasteiger partial charge < -0.3 is 10.1 Å². The van der Waals surface area contributed by atoms with Crippen LogP contribution in [0.1, 0.15) is 44.6 Å². The van der Waals surface area contributed by atoms with Gasteiger partial charge in [-0.25, -0.2) is 0 Å². The molecule has 1 N–H and O–H groups in total. The maximum Gasteiger partial charge on any atom is 0.225 e. The zero-order valence-electron chi connectivity index (χ0n) is 14.5. The first-order valence-corrected chi connectivity index (χ1v) is 8.88. The molecule has 0 saturated carbocycles. The third-order valence-corrected chi connectivity index (χ3v) is 4.42. The highest BCUT2D eigenvalue weighted by Crippen LogP contribution is 2.20. The molecule has 2 rings (SSSR count). The first kappa shape index (κ1) is 17.8. The van der Waals surface area contributed by atoms with Crippen LogP contribution in [0.3, 0.4) is 0 Å². The van der Waals surface area contributed by atoms with Crippen LogP contribution < -0.4 is 10.1 Å². The summed E-state index contributed by atoms with van der Waals surface area (Å²) in [7, 11) is 1.70. The minimum atomic E-state index is 0.156. The molecule has 1 aromatic carbocycles. The van der Waals surface area contributed by atoms with Gasteiger partial charge in [0.05, 0.1) is 12.5 Å². The Hall–Kier alpha value is -1.55. The van der Waals surface area contributed by atoms with Crippen molar-refractivity contribution in [3.05, 3.63) is 29.8 Å². The first-order chi connectivity index (χ1) is 11.2. The van der Waals surface area contributed by atoms with Crippen LogP contribution in [0, 0.1) is 5.92 Å². The molecular formula is C19H30N2O2. The van der Waals surface area contributed by atoms with Gasteiger partial charge in [0.15, 0.2) is 0 Å². The van der Waals surface area contributed by atoms with E-state index in [1.165, 1.54) is 31.2 Å². The summed E-state index contributed by atoms with van der Waals surface area (Å²) >= 11 is 0. The maximum absolute atomic E-state index is 11.5. The molecule has 0 spiro atoms. The summed E-state index contributed by atoms with van der Waals surface area (Å²) in [4.78, 5) is 13.8. The Labute approximate surface area is 140 Å². The lowest BCUT2D eigenvalue weighted by Gasteiger charge is -2.38. The Kier molecular flexibility index (Phi) is 7.40. The molecule has 1 saturated heterocycles. The second-order valence-electron chi connectivity index (χ2n) is 6.41. The molecule has 1 fully saturated rings. The zero-order chi connectivity index (χ0) is 16.5. The smallest absolute Gasteiger partial charge is 0.225 e. The predicted octanol–water partition coefficient (Wildman–Crippen LogP) is 3.21. The van der Waals surface area contributed by atoms with E-state index < -0.39 is 0 Å². The van der Waals surface area contributed by atoms with Gasteiger partial charge in [0.2, 0.25) is 5.91 Å². The summed E-state index contributed by atoms with van der Waals surface area (Å²) in [6.07, 6.45) is 6.31. The average molecular weight is 318 g/mol. The molecule has 0 atom stereocenters. The summed E-state index contributed by atoms with van der Waals surface area (Å²) < 4.78 is 5.78. The molecule has 128 valence electrons. The second-order valence-corrected chi connectivity index (χ2v) is 6.41. The molecule has 0 radical (unpaired) electrons. The van der Waals surface area contributed by atoms with E-state index in [9.17, 15) is 4.79 Å². The van der Waals surface area contributed by atoms with Crippen molar-refractivity contribution in [2.75, 3.05) is 26.7 Å². The number of unbranched alkanes of at least 4 members (excludes halogenated alkanes) is 4. The van der Waals surface area contributed by atoms with Crippen LogP contribution in [0.4, 0.5) is 0 Å². The molecule has 0 bridgehead atoms. The monoisotopic (exact) mass is 318 g/mol. The number of nitrogens with one attached hydrogen (secondary N) is 1. The normalized spacial score (nSPS) is 15.2. The van der Waals surface area contributed by atoms with Crippen molar-refractivity contribution in [3.63, 3.8) is 0 Å². The van der Waals surface area contributed by atoms with Gasteiger partial charge in [-0.1, -0.05) is 44.7 Å². The highest BCUT2D eigenvalue weighted by molar-refractivity contribution is 5.79. The molecule has 1 aromatic rings. The molecule has 4 nitrogen and oxygen atoms in total. The van der Waals surface area contributed by atoms with Gasteiger partial charge in [-0.2, -0.15) is 0 Å². The summed E-state index contributed by atoms with van der Waals surface area (Å²) in [5.41, 5.74) is 1.27. The number of likely N-dealkylation sites (tertiary alicyclic amines) is 1. The number of carbonyl (C=O) groups is 1. The van der Waals surface area contributed by atoms with E-state index in [1.54, 1.807) is 7.05 Å². The molecule has 4 heteroatoms. The number of hydrogen-bond acceptors (Lipinski definition) is 3. The molecule has 1 aliphatic heterocycles. The van der Waals surface area contributed by atoms with Crippen molar-refractivity contribution in [2.24, 2.45) is 5.92 Å². The molecule has 1 amide bonds. The quantitative estimate of drug-likeness (QED) is 0.674. The number of amides is 1. The molecule has 0 unspecified atom stereocenters. The third kappa shape index (κ3) is 5.87. The van der Waals surface area contributed by atoms with E-state index in [2.05, 4.69) is 41.4 Å². The summed E-state index contributed by atoms with van der Waals surface area (Å²) in [6, 6.07) is 8.36. The third-order valence-electron chi connectivity index (χ3n) is 4.42. The fraction of sp³-hybridized carbons (Fsp3) is 0.632. The highest BCUT2D eigenvalue weighted by atomic mass is 16.5. The van der Waals surface area contributed by atoms with Crippen LogP contribution in [-0.2, 0) is 11.3 Å². The second kappa shape index (κ2) is 9.56. The lowest BCUT2D eigenvalue weighted by Crippen LogP contribution is -2.52. The fourth-order valence-corrected chi connectivity index (χ4v) is 2.91. The Morgan fingerprint density at radius 3 is 2.52 bits per heavy atom. The van der Waals surface area contributed by atoms with E-state index in [-0.39, 0.29) is 11.8 Å². The predicted molar refractivity (Wildman–Crippen MR) is 93.5 cm³/mol. The van der Waals surface area contributed by atoms with E-state index >= 15 is 0 Å². The van der Waals surface area contributed by atoms with Crippen LogP contribution >= 0.6 is 0 Å². The van der Waals surface area contributed by atoms with Crippen LogP contribution in [0.25, 0.3) is 0 Å². The van der Waals surface area contributed by atoms with E-state index in [0.717, 1.165) is 38.4 Å². The molecule has 23 heavy (non-hydrogen) atoms. The van der Waals surface area contributed by atoms with Gasteiger partial charge in [-0.15, -0.1) is 0 Å². The highest BCUT2D eigenvalue weighted by Gasteiger charge is 2.31. The van der Waals surface area contributed by atoms with Gasteiger partial charge in [-0.05, 0) is 24.1 Å². The number of ether oxygens (including phenoxy) is 1. The Morgan fingerprint density at radius 2 is 1.87 bits per heavy atom. The SMILES string of the molecule is CCCCCCCOc1ccc(CN2CC(C(=O)NC)C2)cc1. The van der Waals surface area contributed by atoms with Gasteiger partial charge in [0.1, 0.15) is 5.75 Å². The van der Waals surface area contributed by atoms with Crippen molar-refractivity contribution >= 4 is 5.91 Å². The maximum atomic E-state index is 11.5. The van der Waals surface area contributed by atoms with Crippen LogP contribution in [0.5, 0.6) is 5.75 Å². The molecular weight excluding hydrogens is 288 g/mol. The van der Waals surface area contributed by atoms with E-state index in [0.29, 0.717) is 0 Å². The van der Waals surface area contributed by atoms with Gasteiger partial charge in [-0.3, -0.25) is 9.69 Å². The number of rotatable bonds is 10. The minimum absolute atomic E-state index is 0.156. The van der Waals surface area contributed by atoms with Crippen molar-refractivity contribution < 1.29 is 9.53 Å². The van der Waals surface area contributed by atoms with Gasteiger partial charge in [0, 0.05) is 26.7 Å². The van der Waals surface area contributed by atoms with Crippen LogP contribution in [0.2, 0.25) is 0 Å². The average Bonchev–Trinajstić information content (AvgIpc) is 2.54. The van der Waals surface area contributed by atoms with E-state index in [1.807, 2.05) is 0 Å². The first-order valence-electron chi connectivity index (χ1n) is 8.88. The lowest BCUT2D eigenvalue weighted by atomic mass is 9.98. The minimum Gasteiger partial charge on any atom is -0.494 e. The fourth-order valence-electron chi connectivity index (χ4n) is 2.91. The zero-order valence-corrected chi connectivity index (χ0v) is 14.5. The van der Waals surface area contributed by atoms with Gasteiger partial charge >= 0.3 is 0 Å². The van der Waals surface area contributed by atoms with E-state index in [4.69, 9.17) is 4.74 Å². The molecule has 0 aromatic heterocycles. The number of hydrogen-bond donors (Lipinski definition) is 1. The summed E-state index contributed by atoms with van der Waals surface area (Å²) in [6.45, 7) is 5.66. The largest absolute Gasteiger partial charge is 0.494 e. The van der Waals surface area contributed by atoms with Crippen molar-refractivity contribution in [3.8, 4) is 5.75 Å². The van der Waals surface area contributed by atoms with Crippen molar-refractivity contribution in [2.45, 2.75) is 45.6 Å². The topological polar surface area (TPSA) is 41.6 Å². The summed E-state index contributed by atoms with van der Waals surface area (Å²) in [5, 5.41) is 2.71.